The van der Waals surface area contributed by atoms with Crippen LogP contribution < -0.4 is 5.73 Å². The second-order valence-electron chi connectivity index (χ2n) is 3.56. The molecule has 2 N–H and O–H groups in total. The highest BCUT2D eigenvalue weighted by Gasteiger charge is 2.05. The maximum Gasteiger partial charge on any atom is 0.121 e. The predicted octanol–water partition coefficient (Wildman–Crippen LogP) is 1.98. The van der Waals surface area contributed by atoms with E-state index in [-0.39, 0.29) is 6.04 Å². The summed E-state index contributed by atoms with van der Waals surface area (Å²) in [5, 5.41) is 0. The maximum absolute atomic E-state index is 10.2. The van der Waals surface area contributed by atoms with Crippen LogP contribution in [0.25, 0.3) is 0 Å². The van der Waals surface area contributed by atoms with E-state index in [0.717, 1.165) is 19.1 Å². The minimum absolute atomic E-state index is 0.0190. The van der Waals surface area contributed by atoms with E-state index in [9.17, 15) is 4.79 Å². The number of rotatable bonds is 5. The molecule has 1 atom stereocenters. The van der Waals surface area contributed by atoms with Gasteiger partial charge in [-0.1, -0.05) is 36.5 Å². The lowest BCUT2D eigenvalue weighted by Crippen LogP contribution is -2.20. The summed E-state index contributed by atoms with van der Waals surface area (Å²) >= 11 is 0. The quantitative estimate of drug-likeness (QED) is 0.675. The van der Waals surface area contributed by atoms with Gasteiger partial charge in [-0.15, -0.1) is 0 Å². The van der Waals surface area contributed by atoms with Crippen LogP contribution in [0.4, 0.5) is 0 Å². The summed E-state index contributed by atoms with van der Waals surface area (Å²) in [5.74, 6) is 0.461. The minimum Gasteiger partial charge on any atom is -0.327 e. The van der Waals surface area contributed by atoms with Crippen LogP contribution in [-0.4, -0.2) is 12.3 Å². The molecule has 0 spiro atoms. The number of carbonyl (C=O) groups is 1. The zero-order valence-corrected chi connectivity index (χ0v) is 8.30. The predicted molar refractivity (Wildman–Crippen MR) is 58.8 cm³/mol. The summed E-state index contributed by atoms with van der Waals surface area (Å²) in [6, 6.07) is 0.0190. The standard InChI is InChI=1S/C12H17NO/c13-12(9-10-14)8-7-11-5-3-1-2-4-6-11/h1-6,10-12H,7-9,13H2. The molecule has 1 aliphatic rings. The van der Waals surface area contributed by atoms with Gasteiger partial charge < -0.3 is 10.5 Å². The third-order valence-corrected chi connectivity index (χ3v) is 2.32. The van der Waals surface area contributed by atoms with E-state index < -0.39 is 0 Å². The molecular formula is C12H17NO. The fourth-order valence-corrected chi connectivity index (χ4v) is 1.45. The Morgan fingerprint density at radius 3 is 2.43 bits per heavy atom. The molecule has 2 heteroatoms. The van der Waals surface area contributed by atoms with Crippen molar-refractivity contribution >= 4 is 6.29 Å². The first-order valence-electron chi connectivity index (χ1n) is 5.04. The molecule has 0 saturated heterocycles. The first kappa shape index (κ1) is 10.9. The average Bonchev–Trinajstić information content (AvgIpc) is 2.43. The number of hydrogen-bond donors (Lipinski definition) is 1. The van der Waals surface area contributed by atoms with Crippen LogP contribution in [0, 0.1) is 5.92 Å². The van der Waals surface area contributed by atoms with Gasteiger partial charge in [0.1, 0.15) is 6.29 Å². The number of carbonyl (C=O) groups excluding carboxylic acids is 1. The Labute approximate surface area is 85.2 Å². The first-order valence-corrected chi connectivity index (χ1v) is 5.04. The lowest BCUT2D eigenvalue weighted by molar-refractivity contribution is -0.108. The number of aldehydes is 1. The van der Waals surface area contributed by atoms with Gasteiger partial charge in [-0.05, 0) is 18.8 Å². The fourth-order valence-electron chi connectivity index (χ4n) is 1.45. The van der Waals surface area contributed by atoms with E-state index in [1.54, 1.807) is 0 Å². The summed E-state index contributed by atoms with van der Waals surface area (Å²) in [5.41, 5.74) is 5.75. The van der Waals surface area contributed by atoms with Gasteiger partial charge in [0.15, 0.2) is 0 Å². The van der Waals surface area contributed by atoms with Crippen LogP contribution in [0.15, 0.2) is 36.5 Å². The molecule has 0 fully saturated rings. The highest BCUT2D eigenvalue weighted by Crippen LogP contribution is 2.14. The lowest BCUT2D eigenvalue weighted by atomic mass is 9.98. The Kier molecular flexibility index (Phi) is 4.94. The SMILES string of the molecule is NC(CC=O)CCC1C=CC=CC=C1. The summed E-state index contributed by atoms with van der Waals surface area (Å²) in [6.07, 6.45) is 15.7. The van der Waals surface area contributed by atoms with Crippen LogP contribution in [0.1, 0.15) is 19.3 Å². The van der Waals surface area contributed by atoms with Gasteiger partial charge in [0.2, 0.25) is 0 Å². The molecule has 0 aliphatic heterocycles. The topological polar surface area (TPSA) is 43.1 Å². The van der Waals surface area contributed by atoms with Crippen molar-refractivity contribution < 1.29 is 4.79 Å². The van der Waals surface area contributed by atoms with Crippen molar-refractivity contribution in [3.05, 3.63) is 36.5 Å². The van der Waals surface area contributed by atoms with E-state index >= 15 is 0 Å². The summed E-state index contributed by atoms with van der Waals surface area (Å²) in [6.45, 7) is 0. The van der Waals surface area contributed by atoms with Gasteiger partial charge in [-0.2, -0.15) is 0 Å². The van der Waals surface area contributed by atoms with Gasteiger partial charge in [-0.3, -0.25) is 0 Å². The number of allylic oxidation sites excluding steroid dienone is 6. The lowest BCUT2D eigenvalue weighted by Gasteiger charge is -2.10. The third kappa shape index (κ3) is 4.19. The van der Waals surface area contributed by atoms with E-state index in [0.29, 0.717) is 12.3 Å². The highest BCUT2D eigenvalue weighted by atomic mass is 16.1. The van der Waals surface area contributed by atoms with Crippen molar-refractivity contribution in [3.8, 4) is 0 Å². The average molecular weight is 191 g/mol. The second kappa shape index (κ2) is 6.33. The van der Waals surface area contributed by atoms with E-state index in [2.05, 4.69) is 24.3 Å². The van der Waals surface area contributed by atoms with E-state index in [1.807, 2.05) is 12.2 Å². The second-order valence-corrected chi connectivity index (χ2v) is 3.56. The normalized spacial score (nSPS) is 18.1. The molecule has 0 amide bonds. The molecule has 0 bridgehead atoms. The van der Waals surface area contributed by atoms with Crippen molar-refractivity contribution in [2.24, 2.45) is 11.7 Å². The van der Waals surface area contributed by atoms with Crippen LogP contribution in [-0.2, 0) is 4.79 Å². The minimum atomic E-state index is 0.0190. The Morgan fingerprint density at radius 1 is 1.21 bits per heavy atom. The Balaban J connectivity index is 2.27. The molecule has 1 aliphatic carbocycles. The summed E-state index contributed by atoms with van der Waals surface area (Å²) < 4.78 is 0. The number of hydrogen-bond acceptors (Lipinski definition) is 2. The van der Waals surface area contributed by atoms with Gasteiger partial charge in [0, 0.05) is 12.5 Å². The molecule has 14 heavy (non-hydrogen) atoms. The molecule has 0 aromatic carbocycles. The van der Waals surface area contributed by atoms with Crippen molar-refractivity contribution in [3.63, 3.8) is 0 Å². The molecule has 1 unspecified atom stereocenters. The van der Waals surface area contributed by atoms with Crippen molar-refractivity contribution in [1.29, 1.82) is 0 Å². The van der Waals surface area contributed by atoms with Gasteiger partial charge >= 0.3 is 0 Å². The van der Waals surface area contributed by atoms with Crippen molar-refractivity contribution in [1.82, 2.24) is 0 Å². The fraction of sp³-hybridized carbons (Fsp3) is 0.417. The molecule has 0 aromatic rings. The van der Waals surface area contributed by atoms with Gasteiger partial charge in [0.25, 0.3) is 0 Å². The monoisotopic (exact) mass is 191 g/mol. The molecule has 76 valence electrons. The molecule has 1 rings (SSSR count). The first-order chi connectivity index (χ1) is 6.83. The largest absolute Gasteiger partial charge is 0.327 e. The van der Waals surface area contributed by atoms with Crippen molar-refractivity contribution in [2.75, 3.05) is 0 Å². The molecule has 0 saturated carbocycles. The molecule has 2 nitrogen and oxygen atoms in total. The Morgan fingerprint density at radius 2 is 1.86 bits per heavy atom. The van der Waals surface area contributed by atoms with Crippen LogP contribution in [0.2, 0.25) is 0 Å². The van der Waals surface area contributed by atoms with Crippen LogP contribution in [0.5, 0.6) is 0 Å². The zero-order valence-electron chi connectivity index (χ0n) is 8.30. The van der Waals surface area contributed by atoms with Crippen molar-refractivity contribution in [2.45, 2.75) is 25.3 Å². The maximum atomic E-state index is 10.2. The summed E-state index contributed by atoms with van der Waals surface area (Å²) in [7, 11) is 0. The number of nitrogens with two attached hydrogens (primary N) is 1. The third-order valence-electron chi connectivity index (χ3n) is 2.32. The molecular weight excluding hydrogens is 174 g/mol. The highest BCUT2D eigenvalue weighted by molar-refractivity contribution is 5.50. The van der Waals surface area contributed by atoms with Gasteiger partial charge in [0.05, 0.1) is 0 Å². The molecule has 0 heterocycles. The van der Waals surface area contributed by atoms with E-state index in [4.69, 9.17) is 5.73 Å². The van der Waals surface area contributed by atoms with E-state index in [1.165, 1.54) is 0 Å². The molecule has 0 aromatic heterocycles. The smallest absolute Gasteiger partial charge is 0.121 e. The van der Waals surface area contributed by atoms with Crippen LogP contribution >= 0.6 is 0 Å². The summed E-state index contributed by atoms with van der Waals surface area (Å²) in [4.78, 5) is 10.2. The Bertz CT molecular complexity index is 237. The van der Waals surface area contributed by atoms with Crippen LogP contribution in [0.3, 0.4) is 0 Å². The Hall–Kier alpha value is -1.15. The van der Waals surface area contributed by atoms with Gasteiger partial charge in [-0.25, -0.2) is 0 Å². The molecule has 0 radical (unpaired) electrons. The zero-order chi connectivity index (χ0) is 10.2.